The van der Waals surface area contributed by atoms with Gasteiger partial charge in [-0.05, 0) is 0 Å². The second-order valence-corrected chi connectivity index (χ2v) is 3.74. The molecule has 13 heavy (non-hydrogen) atoms. The van der Waals surface area contributed by atoms with E-state index < -0.39 is 17.7 Å². The van der Waals surface area contributed by atoms with Crippen LogP contribution in [0.4, 0.5) is 0 Å². The number of hydrogen-bond acceptors (Lipinski definition) is 4. The molecule has 0 bridgehead atoms. The third kappa shape index (κ3) is 6.04. The number of rotatable bonds is 4. The molecule has 0 rings (SSSR count). The number of hydrogen-bond donors (Lipinski definition) is 0. The lowest BCUT2D eigenvalue weighted by Gasteiger charge is -2.24. The van der Waals surface area contributed by atoms with Gasteiger partial charge in [0, 0.05) is 13.8 Å². The lowest BCUT2D eigenvalue weighted by Crippen LogP contribution is -2.34. The summed E-state index contributed by atoms with van der Waals surface area (Å²) in [4.78, 5) is 21.7. The minimum Gasteiger partial charge on any atom is -0.422 e. The number of halogens is 2. The Labute approximate surface area is 93.2 Å². The van der Waals surface area contributed by atoms with Crippen LogP contribution in [0.2, 0.25) is 0 Å². The zero-order valence-electron chi connectivity index (χ0n) is 7.30. The highest BCUT2D eigenvalue weighted by Crippen LogP contribution is 2.12. The molecule has 0 fully saturated rings. The SMILES string of the molecule is CC(C)(OC(=O)CBr)OC(=O)CBr. The normalized spacial score (nSPS) is 10.8. The minimum absolute atomic E-state index is 0.0717. The van der Waals surface area contributed by atoms with E-state index in [4.69, 9.17) is 9.47 Å². The first kappa shape index (κ1) is 12.9. The minimum atomic E-state index is -1.21. The molecule has 0 saturated heterocycles. The molecule has 76 valence electrons. The molecule has 0 aromatic carbocycles. The van der Waals surface area contributed by atoms with Crippen LogP contribution in [0.1, 0.15) is 13.8 Å². The Morgan fingerprint density at radius 1 is 1.08 bits per heavy atom. The highest BCUT2D eigenvalue weighted by Gasteiger charge is 2.26. The van der Waals surface area contributed by atoms with Crippen molar-refractivity contribution < 1.29 is 19.1 Å². The van der Waals surface area contributed by atoms with Crippen LogP contribution in [0.3, 0.4) is 0 Å². The molecule has 0 aliphatic rings. The van der Waals surface area contributed by atoms with E-state index in [-0.39, 0.29) is 10.7 Å². The second kappa shape index (κ2) is 5.59. The summed E-state index contributed by atoms with van der Waals surface area (Å²) in [6.45, 7) is 2.99. The Balaban J connectivity index is 4.07. The van der Waals surface area contributed by atoms with E-state index in [9.17, 15) is 9.59 Å². The summed E-state index contributed by atoms with van der Waals surface area (Å²) in [6, 6.07) is 0. The van der Waals surface area contributed by atoms with Crippen molar-refractivity contribution in [2.75, 3.05) is 10.7 Å². The van der Waals surface area contributed by atoms with E-state index in [0.29, 0.717) is 0 Å². The molecule has 0 unspecified atom stereocenters. The second-order valence-electron chi connectivity index (χ2n) is 2.62. The van der Waals surface area contributed by atoms with Crippen LogP contribution >= 0.6 is 31.9 Å². The molecular weight excluding hydrogens is 308 g/mol. The van der Waals surface area contributed by atoms with Crippen molar-refractivity contribution in [3.63, 3.8) is 0 Å². The van der Waals surface area contributed by atoms with Crippen LogP contribution in [0.25, 0.3) is 0 Å². The molecule has 4 nitrogen and oxygen atoms in total. The van der Waals surface area contributed by atoms with Gasteiger partial charge in [0.2, 0.25) is 0 Å². The van der Waals surface area contributed by atoms with E-state index >= 15 is 0 Å². The molecule has 0 radical (unpaired) electrons. The Hall–Kier alpha value is -0.100. The van der Waals surface area contributed by atoms with Crippen LogP contribution in [0.15, 0.2) is 0 Å². The Bertz CT molecular complexity index is 183. The highest BCUT2D eigenvalue weighted by atomic mass is 79.9. The number of carbonyl (C=O) groups is 2. The van der Waals surface area contributed by atoms with Crippen molar-refractivity contribution in [2.24, 2.45) is 0 Å². The average Bonchev–Trinajstić information content (AvgIpc) is 2.02. The standard InChI is InChI=1S/C7H10Br2O4/c1-7(2,12-5(10)3-8)13-6(11)4-9/h3-4H2,1-2H3. The maximum Gasteiger partial charge on any atom is 0.319 e. The summed E-state index contributed by atoms with van der Waals surface area (Å²) in [5.41, 5.74) is 0. The summed E-state index contributed by atoms with van der Waals surface area (Å²) >= 11 is 5.85. The lowest BCUT2D eigenvalue weighted by atomic mass is 10.4. The maximum atomic E-state index is 10.8. The maximum absolute atomic E-state index is 10.8. The first-order valence-corrected chi connectivity index (χ1v) is 5.71. The first-order chi connectivity index (χ1) is 5.91. The Morgan fingerprint density at radius 2 is 1.38 bits per heavy atom. The predicted molar refractivity (Wildman–Crippen MR) is 53.9 cm³/mol. The van der Waals surface area contributed by atoms with Crippen LogP contribution in [0, 0.1) is 0 Å². The van der Waals surface area contributed by atoms with Gasteiger partial charge in [-0.2, -0.15) is 0 Å². The van der Waals surface area contributed by atoms with E-state index in [1.165, 1.54) is 13.8 Å². The van der Waals surface area contributed by atoms with Gasteiger partial charge in [-0.15, -0.1) is 0 Å². The fourth-order valence-electron chi connectivity index (χ4n) is 0.624. The van der Waals surface area contributed by atoms with Gasteiger partial charge in [-0.25, -0.2) is 0 Å². The molecule has 0 N–H and O–H groups in total. The molecule has 0 spiro atoms. The van der Waals surface area contributed by atoms with Gasteiger partial charge < -0.3 is 9.47 Å². The van der Waals surface area contributed by atoms with Gasteiger partial charge in [0.15, 0.2) is 0 Å². The average molecular weight is 318 g/mol. The fraction of sp³-hybridized carbons (Fsp3) is 0.714. The van der Waals surface area contributed by atoms with E-state index in [2.05, 4.69) is 31.9 Å². The number of carbonyl (C=O) groups excluding carboxylic acids is 2. The molecule has 0 saturated carbocycles. The van der Waals surface area contributed by atoms with Gasteiger partial charge in [0.25, 0.3) is 5.79 Å². The Morgan fingerprint density at radius 3 is 1.62 bits per heavy atom. The van der Waals surface area contributed by atoms with Crippen molar-refractivity contribution in [1.82, 2.24) is 0 Å². The summed E-state index contributed by atoms with van der Waals surface area (Å²) < 4.78 is 9.62. The van der Waals surface area contributed by atoms with Crippen molar-refractivity contribution in [3.05, 3.63) is 0 Å². The summed E-state index contributed by atoms with van der Waals surface area (Å²) in [6.07, 6.45) is 0. The van der Waals surface area contributed by atoms with Crippen LogP contribution in [-0.2, 0) is 19.1 Å². The zero-order valence-corrected chi connectivity index (χ0v) is 10.5. The smallest absolute Gasteiger partial charge is 0.319 e. The van der Waals surface area contributed by atoms with Gasteiger partial charge >= 0.3 is 11.9 Å². The van der Waals surface area contributed by atoms with Gasteiger partial charge in [-0.1, -0.05) is 31.9 Å². The molecule has 0 heterocycles. The van der Waals surface area contributed by atoms with Crippen LogP contribution < -0.4 is 0 Å². The largest absolute Gasteiger partial charge is 0.422 e. The first-order valence-electron chi connectivity index (χ1n) is 3.47. The summed E-state index contributed by atoms with van der Waals surface area (Å²) in [5.74, 6) is -2.17. The quantitative estimate of drug-likeness (QED) is 0.449. The molecule has 0 aromatic heterocycles. The van der Waals surface area contributed by atoms with Gasteiger partial charge in [0.05, 0.1) is 0 Å². The number of alkyl halides is 2. The highest BCUT2D eigenvalue weighted by molar-refractivity contribution is 9.09. The summed E-state index contributed by atoms with van der Waals surface area (Å²) in [7, 11) is 0. The zero-order chi connectivity index (χ0) is 10.5. The fourth-order valence-corrected chi connectivity index (χ4v) is 0.853. The van der Waals surface area contributed by atoms with Crippen LogP contribution in [0.5, 0.6) is 0 Å². The lowest BCUT2D eigenvalue weighted by molar-refractivity contribution is -0.212. The molecule has 0 aliphatic heterocycles. The summed E-state index contributed by atoms with van der Waals surface area (Å²) in [5, 5.41) is 0.143. The van der Waals surface area contributed by atoms with Crippen molar-refractivity contribution in [3.8, 4) is 0 Å². The van der Waals surface area contributed by atoms with Gasteiger partial charge in [-0.3, -0.25) is 9.59 Å². The number of ether oxygens (including phenoxy) is 2. The molecular formula is C7H10Br2O4. The van der Waals surface area contributed by atoms with E-state index in [1.807, 2.05) is 0 Å². The van der Waals surface area contributed by atoms with Gasteiger partial charge in [0.1, 0.15) is 10.7 Å². The monoisotopic (exact) mass is 316 g/mol. The van der Waals surface area contributed by atoms with Crippen molar-refractivity contribution in [1.29, 1.82) is 0 Å². The van der Waals surface area contributed by atoms with Crippen LogP contribution in [-0.4, -0.2) is 28.4 Å². The molecule has 0 aromatic rings. The van der Waals surface area contributed by atoms with Crippen molar-refractivity contribution >= 4 is 43.8 Å². The molecule has 0 atom stereocenters. The molecule has 6 heteroatoms. The number of esters is 2. The predicted octanol–water partition coefficient (Wildman–Crippen LogP) is 1.60. The van der Waals surface area contributed by atoms with E-state index in [0.717, 1.165) is 0 Å². The molecule has 0 aliphatic carbocycles. The third-order valence-corrected chi connectivity index (χ3v) is 1.85. The van der Waals surface area contributed by atoms with E-state index in [1.54, 1.807) is 0 Å². The topological polar surface area (TPSA) is 52.6 Å². The van der Waals surface area contributed by atoms with Crippen molar-refractivity contribution in [2.45, 2.75) is 19.6 Å². The third-order valence-electron chi connectivity index (χ3n) is 0.937. The Kier molecular flexibility index (Phi) is 5.55. The molecule has 0 amide bonds.